The summed E-state index contributed by atoms with van der Waals surface area (Å²) in [5.41, 5.74) is 0.400. The van der Waals surface area contributed by atoms with Gasteiger partial charge in [0.15, 0.2) is 0 Å². The molecular formula is C20H19F3N2O2. The van der Waals surface area contributed by atoms with Gasteiger partial charge in [-0.05, 0) is 42.8 Å². The summed E-state index contributed by atoms with van der Waals surface area (Å²) in [6, 6.07) is 9.08. The van der Waals surface area contributed by atoms with Crippen molar-refractivity contribution < 1.29 is 22.8 Å². The van der Waals surface area contributed by atoms with Crippen LogP contribution in [0.2, 0.25) is 0 Å². The third kappa shape index (κ3) is 5.99. The smallest absolute Gasteiger partial charge is 0.247 e. The highest BCUT2D eigenvalue weighted by Gasteiger charge is 2.14. The minimum absolute atomic E-state index is 0.196. The van der Waals surface area contributed by atoms with Crippen LogP contribution in [0.5, 0.6) is 0 Å². The number of hydrogen-bond acceptors (Lipinski definition) is 2. The van der Waals surface area contributed by atoms with Crippen molar-refractivity contribution in [2.45, 2.75) is 13.5 Å². The standard InChI is InChI=1S/C20H19F3N2O2/c1-2-25(13-19(26)24-12-14-6-8-15(21)9-7-14)20(27)11-10-16-17(22)4-3-5-18(16)23/h3-11H,2,12-13H2,1H3,(H,24,26). The summed E-state index contributed by atoms with van der Waals surface area (Å²) < 4.78 is 40.0. The summed E-state index contributed by atoms with van der Waals surface area (Å²) in [5, 5.41) is 2.63. The molecule has 0 fully saturated rings. The molecule has 142 valence electrons. The second kappa shape index (κ2) is 9.56. The highest BCUT2D eigenvalue weighted by Crippen LogP contribution is 2.13. The van der Waals surface area contributed by atoms with Crippen molar-refractivity contribution >= 4 is 17.9 Å². The van der Waals surface area contributed by atoms with Crippen LogP contribution in [-0.4, -0.2) is 29.8 Å². The molecule has 2 rings (SSSR count). The van der Waals surface area contributed by atoms with Crippen molar-refractivity contribution in [3.8, 4) is 0 Å². The van der Waals surface area contributed by atoms with Crippen LogP contribution in [0.4, 0.5) is 13.2 Å². The van der Waals surface area contributed by atoms with Gasteiger partial charge in [0.2, 0.25) is 11.8 Å². The molecule has 0 saturated heterocycles. The van der Waals surface area contributed by atoms with Gasteiger partial charge in [-0.25, -0.2) is 13.2 Å². The number of hydrogen-bond donors (Lipinski definition) is 1. The van der Waals surface area contributed by atoms with E-state index in [1.165, 1.54) is 23.1 Å². The van der Waals surface area contributed by atoms with Gasteiger partial charge in [-0.2, -0.15) is 0 Å². The Labute approximate surface area is 155 Å². The molecule has 0 saturated carbocycles. The van der Waals surface area contributed by atoms with Crippen molar-refractivity contribution in [1.29, 1.82) is 0 Å². The predicted molar refractivity (Wildman–Crippen MR) is 95.9 cm³/mol. The molecule has 0 bridgehead atoms. The molecule has 0 unspecified atom stereocenters. The summed E-state index contributed by atoms with van der Waals surface area (Å²) in [7, 11) is 0. The van der Waals surface area contributed by atoms with Crippen LogP contribution in [0.25, 0.3) is 6.08 Å². The van der Waals surface area contributed by atoms with E-state index < -0.39 is 23.4 Å². The maximum absolute atomic E-state index is 13.6. The average Bonchev–Trinajstić information content (AvgIpc) is 2.65. The van der Waals surface area contributed by atoms with Gasteiger partial charge in [0, 0.05) is 24.7 Å². The number of carbonyl (C=O) groups is 2. The lowest BCUT2D eigenvalue weighted by Gasteiger charge is -2.18. The van der Waals surface area contributed by atoms with E-state index in [0.29, 0.717) is 5.56 Å². The summed E-state index contributed by atoms with van der Waals surface area (Å²) >= 11 is 0. The van der Waals surface area contributed by atoms with E-state index in [2.05, 4.69) is 5.32 Å². The zero-order valence-electron chi connectivity index (χ0n) is 14.7. The van der Waals surface area contributed by atoms with Crippen LogP contribution in [0.15, 0.2) is 48.5 Å². The predicted octanol–water partition coefficient (Wildman–Crippen LogP) is 3.28. The fraction of sp³-hybridized carbons (Fsp3) is 0.200. The number of benzene rings is 2. The fourth-order valence-electron chi connectivity index (χ4n) is 2.31. The zero-order chi connectivity index (χ0) is 19.8. The molecule has 0 spiro atoms. The van der Waals surface area contributed by atoms with Crippen molar-refractivity contribution in [2.75, 3.05) is 13.1 Å². The van der Waals surface area contributed by atoms with E-state index in [-0.39, 0.29) is 31.0 Å². The van der Waals surface area contributed by atoms with Gasteiger partial charge in [-0.15, -0.1) is 0 Å². The van der Waals surface area contributed by atoms with Crippen LogP contribution in [0.1, 0.15) is 18.1 Å². The number of likely N-dealkylation sites (N-methyl/N-ethyl adjacent to an activating group) is 1. The first-order valence-corrected chi connectivity index (χ1v) is 8.33. The van der Waals surface area contributed by atoms with E-state index in [4.69, 9.17) is 0 Å². The molecule has 7 heteroatoms. The molecule has 0 heterocycles. The van der Waals surface area contributed by atoms with E-state index in [9.17, 15) is 22.8 Å². The lowest BCUT2D eigenvalue weighted by Crippen LogP contribution is -2.39. The third-order valence-electron chi connectivity index (χ3n) is 3.82. The normalized spacial score (nSPS) is 10.8. The number of nitrogens with zero attached hydrogens (tertiary/aromatic N) is 1. The molecule has 4 nitrogen and oxygen atoms in total. The van der Waals surface area contributed by atoms with Gasteiger partial charge in [0.25, 0.3) is 0 Å². The monoisotopic (exact) mass is 376 g/mol. The summed E-state index contributed by atoms with van der Waals surface area (Å²) in [5.74, 6) is -2.87. The van der Waals surface area contributed by atoms with Gasteiger partial charge >= 0.3 is 0 Å². The number of carbonyl (C=O) groups excluding carboxylic acids is 2. The number of amides is 2. The molecule has 0 radical (unpaired) electrons. The van der Waals surface area contributed by atoms with Gasteiger partial charge in [0.1, 0.15) is 17.5 Å². The maximum atomic E-state index is 13.6. The van der Waals surface area contributed by atoms with Crippen molar-refractivity contribution in [3.05, 3.63) is 77.1 Å². The highest BCUT2D eigenvalue weighted by molar-refractivity contribution is 5.94. The van der Waals surface area contributed by atoms with Crippen molar-refractivity contribution in [3.63, 3.8) is 0 Å². The van der Waals surface area contributed by atoms with Crippen LogP contribution in [0, 0.1) is 17.5 Å². The molecule has 0 aliphatic rings. The summed E-state index contributed by atoms with van der Waals surface area (Å²) in [4.78, 5) is 25.4. The topological polar surface area (TPSA) is 49.4 Å². The Morgan fingerprint density at radius 3 is 2.26 bits per heavy atom. The van der Waals surface area contributed by atoms with E-state index in [0.717, 1.165) is 24.3 Å². The third-order valence-corrected chi connectivity index (χ3v) is 3.82. The number of halogens is 3. The Balaban J connectivity index is 1.93. The lowest BCUT2D eigenvalue weighted by molar-refractivity contribution is -0.132. The first-order chi connectivity index (χ1) is 12.9. The molecule has 27 heavy (non-hydrogen) atoms. The van der Waals surface area contributed by atoms with Gasteiger partial charge < -0.3 is 10.2 Å². The lowest BCUT2D eigenvalue weighted by atomic mass is 10.2. The molecule has 0 aromatic heterocycles. The Kier molecular flexibility index (Phi) is 7.16. The molecule has 0 atom stereocenters. The van der Waals surface area contributed by atoms with Crippen LogP contribution in [-0.2, 0) is 16.1 Å². The molecule has 0 aliphatic carbocycles. The van der Waals surface area contributed by atoms with Crippen molar-refractivity contribution in [1.82, 2.24) is 10.2 Å². The Bertz CT molecular complexity index is 815. The Morgan fingerprint density at radius 2 is 1.67 bits per heavy atom. The second-order valence-corrected chi connectivity index (χ2v) is 5.72. The molecule has 2 aromatic rings. The first-order valence-electron chi connectivity index (χ1n) is 8.33. The van der Waals surface area contributed by atoms with E-state index in [1.807, 2.05) is 0 Å². The summed E-state index contributed by atoms with van der Waals surface area (Å²) in [6.07, 6.45) is 2.07. The molecule has 0 aliphatic heterocycles. The van der Waals surface area contributed by atoms with Crippen molar-refractivity contribution in [2.24, 2.45) is 0 Å². The Hall–Kier alpha value is -3.09. The maximum Gasteiger partial charge on any atom is 0.247 e. The fourth-order valence-corrected chi connectivity index (χ4v) is 2.31. The highest BCUT2D eigenvalue weighted by atomic mass is 19.1. The largest absolute Gasteiger partial charge is 0.350 e. The number of nitrogens with one attached hydrogen (secondary N) is 1. The van der Waals surface area contributed by atoms with Gasteiger partial charge in [-0.3, -0.25) is 9.59 Å². The summed E-state index contributed by atoms with van der Waals surface area (Å²) in [6.45, 7) is 1.91. The minimum atomic E-state index is -0.779. The average molecular weight is 376 g/mol. The number of rotatable bonds is 7. The second-order valence-electron chi connectivity index (χ2n) is 5.72. The molecule has 1 N–H and O–H groups in total. The SMILES string of the molecule is CCN(CC(=O)NCc1ccc(F)cc1)C(=O)C=Cc1c(F)cccc1F. The molecular weight excluding hydrogens is 357 g/mol. The van der Waals surface area contributed by atoms with Crippen LogP contribution in [0.3, 0.4) is 0 Å². The molecule has 2 amide bonds. The van der Waals surface area contributed by atoms with Crippen LogP contribution >= 0.6 is 0 Å². The van der Waals surface area contributed by atoms with Crippen LogP contribution < -0.4 is 5.32 Å². The zero-order valence-corrected chi connectivity index (χ0v) is 14.7. The Morgan fingerprint density at radius 1 is 1.04 bits per heavy atom. The molecule has 2 aromatic carbocycles. The first kappa shape index (κ1) is 20.2. The quantitative estimate of drug-likeness (QED) is 0.754. The minimum Gasteiger partial charge on any atom is -0.350 e. The van der Waals surface area contributed by atoms with Gasteiger partial charge in [0.05, 0.1) is 6.54 Å². The van der Waals surface area contributed by atoms with E-state index >= 15 is 0 Å². The van der Waals surface area contributed by atoms with Gasteiger partial charge in [-0.1, -0.05) is 18.2 Å². The van der Waals surface area contributed by atoms with E-state index in [1.54, 1.807) is 19.1 Å².